The van der Waals surface area contributed by atoms with Gasteiger partial charge in [-0.25, -0.2) is 9.18 Å². The van der Waals surface area contributed by atoms with Crippen molar-refractivity contribution in [3.8, 4) is 11.5 Å². The number of rotatable bonds is 4. The SMILES string of the molecule is COc1ccc(CNC(=O)Oc2ccccc2)cc1F. The van der Waals surface area contributed by atoms with Gasteiger partial charge in [0.05, 0.1) is 7.11 Å². The van der Waals surface area contributed by atoms with Crippen LogP contribution in [-0.4, -0.2) is 13.2 Å². The van der Waals surface area contributed by atoms with Gasteiger partial charge in [0.15, 0.2) is 11.6 Å². The maximum atomic E-state index is 13.5. The molecule has 0 fully saturated rings. The molecule has 2 rings (SSSR count). The van der Waals surface area contributed by atoms with Crippen molar-refractivity contribution < 1.29 is 18.7 Å². The monoisotopic (exact) mass is 275 g/mol. The quantitative estimate of drug-likeness (QED) is 0.932. The second-order valence-corrected chi connectivity index (χ2v) is 4.03. The summed E-state index contributed by atoms with van der Waals surface area (Å²) in [5.74, 6) is 0.148. The van der Waals surface area contributed by atoms with Crippen LogP contribution >= 0.6 is 0 Å². The Kier molecular flexibility index (Phi) is 4.55. The Hall–Kier alpha value is -2.56. The molecule has 1 amide bonds. The van der Waals surface area contributed by atoms with E-state index in [9.17, 15) is 9.18 Å². The molecule has 0 bridgehead atoms. The van der Waals surface area contributed by atoms with E-state index in [0.29, 0.717) is 11.3 Å². The third-order valence-electron chi connectivity index (χ3n) is 2.61. The minimum Gasteiger partial charge on any atom is -0.494 e. The molecule has 0 aliphatic rings. The Balaban J connectivity index is 1.89. The summed E-state index contributed by atoms with van der Waals surface area (Å²) in [5, 5.41) is 2.54. The second-order valence-electron chi connectivity index (χ2n) is 4.03. The smallest absolute Gasteiger partial charge is 0.412 e. The Bertz CT molecular complexity index is 587. The molecule has 0 aliphatic heterocycles. The summed E-state index contributed by atoms with van der Waals surface area (Å²) in [6.07, 6.45) is -0.590. The van der Waals surface area contributed by atoms with Crippen LogP contribution in [0.2, 0.25) is 0 Å². The fourth-order valence-electron chi connectivity index (χ4n) is 1.63. The average molecular weight is 275 g/mol. The van der Waals surface area contributed by atoms with E-state index in [1.807, 2.05) is 6.07 Å². The largest absolute Gasteiger partial charge is 0.494 e. The van der Waals surface area contributed by atoms with E-state index in [1.54, 1.807) is 30.3 Å². The predicted molar refractivity (Wildman–Crippen MR) is 72.3 cm³/mol. The van der Waals surface area contributed by atoms with E-state index in [2.05, 4.69) is 5.32 Å². The van der Waals surface area contributed by atoms with Gasteiger partial charge in [-0.05, 0) is 29.8 Å². The standard InChI is InChI=1S/C15H14FNO3/c1-19-14-8-7-11(9-13(14)16)10-17-15(18)20-12-5-3-2-4-6-12/h2-9H,10H2,1H3,(H,17,18). The maximum Gasteiger partial charge on any atom is 0.412 e. The molecule has 1 N–H and O–H groups in total. The lowest BCUT2D eigenvalue weighted by atomic mass is 10.2. The van der Waals surface area contributed by atoms with Crippen LogP contribution in [0.1, 0.15) is 5.56 Å². The van der Waals surface area contributed by atoms with Crippen LogP contribution in [0.25, 0.3) is 0 Å². The van der Waals surface area contributed by atoms with Gasteiger partial charge in [0.25, 0.3) is 0 Å². The molecule has 5 heteroatoms. The molecule has 2 aromatic carbocycles. The molecule has 0 spiro atoms. The maximum absolute atomic E-state index is 13.5. The summed E-state index contributed by atoms with van der Waals surface area (Å²) >= 11 is 0. The molecule has 0 aromatic heterocycles. The first-order chi connectivity index (χ1) is 9.69. The van der Waals surface area contributed by atoms with Crippen molar-refractivity contribution in [1.29, 1.82) is 0 Å². The zero-order valence-electron chi connectivity index (χ0n) is 10.9. The van der Waals surface area contributed by atoms with E-state index >= 15 is 0 Å². The minimum atomic E-state index is -0.590. The van der Waals surface area contributed by atoms with E-state index in [0.717, 1.165) is 0 Å². The van der Waals surface area contributed by atoms with E-state index in [4.69, 9.17) is 9.47 Å². The van der Waals surface area contributed by atoms with Gasteiger partial charge in [0.1, 0.15) is 5.75 Å². The fourth-order valence-corrected chi connectivity index (χ4v) is 1.63. The van der Waals surface area contributed by atoms with Gasteiger partial charge in [-0.2, -0.15) is 0 Å². The van der Waals surface area contributed by atoms with Crippen molar-refractivity contribution in [2.45, 2.75) is 6.54 Å². The van der Waals surface area contributed by atoms with Gasteiger partial charge in [0.2, 0.25) is 0 Å². The zero-order chi connectivity index (χ0) is 14.4. The topological polar surface area (TPSA) is 47.6 Å². The third-order valence-corrected chi connectivity index (χ3v) is 2.61. The first-order valence-electron chi connectivity index (χ1n) is 6.02. The van der Waals surface area contributed by atoms with Crippen LogP contribution < -0.4 is 14.8 Å². The van der Waals surface area contributed by atoms with Crippen LogP contribution in [0.5, 0.6) is 11.5 Å². The van der Waals surface area contributed by atoms with Crippen LogP contribution in [0.15, 0.2) is 48.5 Å². The Morgan fingerprint density at radius 3 is 2.60 bits per heavy atom. The number of ether oxygens (including phenoxy) is 2. The lowest BCUT2D eigenvalue weighted by Crippen LogP contribution is -2.26. The highest BCUT2D eigenvalue weighted by atomic mass is 19.1. The van der Waals surface area contributed by atoms with Gasteiger partial charge in [-0.15, -0.1) is 0 Å². The summed E-state index contributed by atoms with van der Waals surface area (Å²) < 4.78 is 23.3. The first kappa shape index (κ1) is 13.9. The molecular formula is C15H14FNO3. The summed E-state index contributed by atoms with van der Waals surface area (Å²) in [5.41, 5.74) is 0.619. The zero-order valence-corrected chi connectivity index (χ0v) is 10.9. The van der Waals surface area contributed by atoms with Crippen molar-refractivity contribution in [3.05, 3.63) is 59.9 Å². The molecule has 0 heterocycles. The predicted octanol–water partition coefficient (Wildman–Crippen LogP) is 3.12. The van der Waals surface area contributed by atoms with Crippen molar-refractivity contribution in [1.82, 2.24) is 5.32 Å². The van der Waals surface area contributed by atoms with Gasteiger partial charge >= 0.3 is 6.09 Å². The number of benzene rings is 2. The van der Waals surface area contributed by atoms with E-state index in [-0.39, 0.29) is 12.3 Å². The summed E-state index contributed by atoms with van der Waals surface area (Å²) in [6, 6.07) is 13.2. The Morgan fingerprint density at radius 2 is 1.95 bits per heavy atom. The molecule has 4 nitrogen and oxygen atoms in total. The Labute approximate surface area is 116 Å². The molecule has 0 unspecified atom stereocenters. The number of hydrogen-bond donors (Lipinski definition) is 1. The van der Waals surface area contributed by atoms with Gasteiger partial charge < -0.3 is 14.8 Å². The lowest BCUT2D eigenvalue weighted by Gasteiger charge is -2.08. The number of amides is 1. The van der Waals surface area contributed by atoms with Crippen LogP contribution in [0.4, 0.5) is 9.18 Å². The van der Waals surface area contributed by atoms with Crippen molar-refractivity contribution in [2.24, 2.45) is 0 Å². The van der Waals surface area contributed by atoms with Gasteiger partial charge in [0, 0.05) is 6.54 Å². The van der Waals surface area contributed by atoms with E-state index < -0.39 is 11.9 Å². The molecule has 0 radical (unpaired) electrons. The average Bonchev–Trinajstić information content (AvgIpc) is 2.46. The van der Waals surface area contributed by atoms with Crippen molar-refractivity contribution in [3.63, 3.8) is 0 Å². The van der Waals surface area contributed by atoms with Gasteiger partial charge in [-0.3, -0.25) is 0 Å². The highest BCUT2D eigenvalue weighted by Crippen LogP contribution is 2.17. The number of halogens is 1. The highest BCUT2D eigenvalue weighted by molar-refractivity contribution is 5.70. The molecule has 0 saturated heterocycles. The number of para-hydroxylation sites is 1. The number of carbonyl (C=O) groups excluding carboxylic acids is 1. The number of hydrogen-bond acceptors (Lipinski definition) is 3. The number of nitrogens with one attached hydrogen (secondary N) is 1. The van der Waals surface area contributed by atoms with E-state index in [1.165, 1.54) is 19.2 Å². The van der Waals surface area contributed by atoms with Crippen molar-refractivity contribution >= 4 is 6.09 Å². The molecule has 0 atom stereocenters. The normalized spacial score (nSPS) is 9.90. The molecule has 20 heavy (non-hydrogen) atoms. The highest BCUT2D eigenvalue weighted by Gasteiger charge is 2.06. The van der Waals surface area contributed by atoms with Crippen LogP contribution in [0.3, 0.4) is 0 Å². The first-order valence-corrected chi connectivity index (χ1v) is 6.02. The number of carbonyl (C=O) groups is 1. The Morgan fingerprint density at radius 1 is 1.20 bits per heavy atom. The molecule has 0 aliphatic carbocycles. The van der Waals surface area contributed by atoms with Crippen molar-refractivity contribution in [2.75, 3.05) is 7.11 Å². The summed E-state index contributed by atoms with van der Waals surface area (Å²) in [7, 11) is 1.40. The van der Waals surface area contributed by atoms with Crippen LogP contribution in [-0.2, 0) is 6.54 Å². The molecular weight excluding hydrogens is 261 g/mol. The van der Waals surface area contributed by atoms with Gasteiger partial charge in [-0.1, -0.05) is 24.3 Å². The van der Waals surface area contributed by atoms with Crippen LogP contribution in [0, 0.1) is 5.82 Å². The fraction of sp³-hybridized carbons (Fsp3) is 0.133. The third kappa shape index (κ3) is 3.71. The molecule has 2 aromatic rings. The molecule has 0 saturated carbocycles. The summed E-state index contributed by atoms with van der Waals surface area (Å²) in [4.78, 5) is 11.5. The second kappa shape index (κ2) is 6.56. The summed E-state index contributed by atoms with van der Waals surface area (Å²) in [6.45, 7) is 0.173. The lowest BCUT2D eigenvalue weighted by molar-refractivity contribution is 0.200. The molecule has 104 valence electrons. The minimum absolute atomic E-state index is 0.167. The number of methoxy groups -OCH3 is 1.